The van der Waals surface area contributed by atoms with E-state index in [0.29, 0.717) is 10.7 Å². The summed E-state index contributed by atoms with van der Waals surface area (Å²) in [5, 5.41) is 22.5. The van der Waals surface area contributed by atoms with Crippen LogP contribution in [0.2, 0.25) is 5.02 Å². The third kappa shape index (κ3) is 8.70. The molecule has 0 spiro atoms. The molecular weight excluding hydrogens is 474 g/mol. The maximum absolute atomic E-state index is 13.1. The van der Waals surface area contributed by atoms with E-state index < -0.39 is 36.0 Å². The number of azo groups is 1. The van der Waals surface area contributed by atoms with Crippen molar-refractivity contribution >= 4 is 41.2 Å². The summed E-state index contributed by atoms with van der Waals surface area (Å²) in [5.41, 5.74) is 12.7. The number of aliphatic imine (C=N–C) groups is 1. The number of carboxylic acids is 1. The molecule has 0 aliphatic rings. The molecule has 0 aromatic heterocycles. The highest BCUT2D eigenvalue weighted by Gasteiger charge is 2.32. The number of carbonyl (C=O) groups excluding carboxylic acids is 2. The van der Waals surface area contributed by atoms with Gasteiger partial charge in [-0.25, -0.2) is 14.6 Å². The van der Waals surface area contributed by atoms with Crippen molar-refractivity contribution in [3.05, 3.63) is 64.7 Å². The van der Waals surface area contributed by atoms with Gasteiger partial charge in [-0.1, -0.05) is 60.0 Å². The number of carbonyl (C=O) groups is 3. The fourth-order valence-corrected chi connectivity index (χ4v) is 3.33. The third-order valence-corrected chi connectivity index (χ3v) is 5.40. The second-order valence-corrected chi connectivity index (χ2v) is 8.09. The molecular formula is C23H28ClN7O4. The van der Waals surface area contributed by atoms with Gasteiger partial charge in [0.2, 0.25) is 5.91 Å². The van der Waals surface area contributed by atoms with Gasteiger partial charge in [-0.2, -0.15) is 0 Å². The fraction of sp³-hybridized carbons (Fsp3) is 0.304. The Morgan fingerprint density at radius 1 is 1.09 bits per heavy atom. The molecule has 3 atom stereocenters. The number of halogens is 1. The van der Waals surface area contributed by atoms with Crippen molar-refractivity contribution in [1.29, 1.82) is 0 Å². The summed E-state index contributed by atoms with van der Waals surface area (Å²) in [6.07, 6.45) is 0.327. The molecule has 0 radical (unpaired) electrons. The van der Waals surface area contributed by atoms with Crippen molar-refractivity contribution < 1.29 is 19.5 Å². The van der Waals surface area contributed by atoms with Crippen LogP contribution >= 0.6 is 11.6 Å². The maximum Gasteiger partial charge on any atom is 0.360 e. The van der Waals surface area contributed by atoms with Crippen LogP contribution in [-0.2, 0) is 16.0 Å². The van der Waals surface area contributed by atoms with E-state index in [1.165, 1.54) is 0 Å². The topological polar surface area (TPSA) is 185 Å². The van der Waals surface area contributed by atoms with E-state index in [4.69, 9.17) is 23.1 Å². The maximum atomic E-state index is 13.1. The summed E-state index contributed by atoms with van der Waals surface area (Å²) < 4.78 is 0. The molecule has 0 heterocycles. The van der Waals surface area contributed by atoms with Crippen molar-refractivity contribution in [1.82, 2.24) is 10.6 Å². The highest BCUT2D eigenvalue weighted by Crippen LogP contribution is 2.22. The van der Waals surface area contributed by atoms with Crippen LogP contribution < -0.4 is 22.1 Å². The van der Waals surface area contributed by atoms with E-state index in [9.17, 15) is 19.5 Å². The average molecular weight is 502 g/mol. The smallest absolute Gasteiger partial charge is 0.360 e. The number of aryl methyl sites for hydroxylation is 1. The van der Waals surface area contributed by atoms with Crippen molar-refractivity contribution in [3.8, 4) is 0 Å². The quantitative estimate of drug-likeness (QED) is 0.189. The Hall–Kier alpha value is -3.99. The molecule has 0 aliphatic heterocycles. The zero-order chi connectivity index (χ0) is 26.0. The van der Waals surface area contributed by atoms with Crippen LogP contribution in [0.15, 0.2) is 63.8 Å². The Kier molecular flexibility index (Phi) is 10.2. The Morgan fingerprint density at radius 3 is 2.34 bits per heavy atom. The Labute approximate surface area is 207 Å². The summed E-state index contributed by atoms with van der Waals surface area (Å²) in [6.45, 7) is 3.50. The number of nitrogens with zero attached hydrogens (tertiary/aromatic N) is 3. The second-order valence-electron chi connectivity index (χ2n) is 7.68. The normalized spacial score (nSPS) is 13.5. The first kappa shape index (κ1) is 27.3. The van der Waals surface area contributed by atoms with Crippen LogP contribution in [0.4, 0.5) is 10.5 Å². The molecule has 0 saturated carbocycles. The van der Waals surface area contributed by atoms with E-state index in [0.717, 1.165) is 11.1 Å². The minimum atomic E-state index is -1.42. The molecule has 0 bridgehead atoms. The van der Waals surface area contributed by atoms with Crippen LogP contribution in [-0.4, -0.2) is 47.1 Å². The molecule has 186 valence electrons. The number of benzene rings is 2. The van der Waals surface area contributed by atoms with E-state index in [-0.39, 0.29) is 18.8 Å². The molecule has 0 aliphatic carbocycles. The van der Waals surface area contributed by atoms with Crippen molar-refractivity contribution in [3.63, 3.8) is 0 Å². The molecule has 11 nitrogen and oxygen atoms in total. The Bertz CT molecular complexity index is 1100. The molecule has 0 fully saturated rings. The number of nitrogens with one attached hydrogen (secondary N) is 2. The first-order valence-corrected chi connectivity index (χ1v) is 11.1. The van der Waals surface area contributed by atoms with Crippen molar-refractivity contribution in [2.24, 2.45) is 26.7 Å². The van der Waals surface area contributed by atoms with Gasteiger partial charge in [0.25, 0.3) is 0 Å². The Balaban J connectivity index is 2.23. The number of rotatable bonds is 10. The molecule has 12 heteroatoms. The van der Waals surface area contributed by atoms with Gasteiger partial charge >= 0.3 is 12.0 Å². The van der Waals surface area contributed by atoms with Gasteiger partial charge in [0.1, 0.15) is 12.1 Å². The van der Waals surface area contributed by atoms with Gasteiger partial charge in [0.15, 0.2) is 5.96 Å². The summed E-state index contributed by atoms with van der Waals surface area (Å²) in [7, 11) is 0. The lowest BCUT2D eigenvalue weighted by atomic mass is 10.0. The predicted molar refractivity (Wildman–Crippen MR) is 133 cm³/mol. The molecule has 2 aromatic rings. The summed E-state index contributed by atoms with van der Waals surface area (Å²) in [6, 6.07) is 9.46. The zero-order valence-electron chi connectivity index (χ0n) is 19.3. The summed E-state index contributed by atoms with van der Waals surface area (Å²) in [5.74, 6) is -2.37. The first-order valence-electron chi connectivity index (χ1n) is 10.7. The minimum Gasteiger partial charge on any atom is -0.480 e. The first-order chi connectivity index (χ1) is 16.6. The van der Waals surface area contributed by atoms with Gasteiger partial charge in [-0.15, -0.1) is 5.11 Å². The monoisotopic (exact) mass is 501 g/mol. The zero-order valence-corrected chi connectivity index (χ0v) is 20.1. The largest absolute Gasteiger partial charge is 0.480 e. The molecule has 3 amide bonds. The van der Waals surface area contributed by atoms with Gasteiger partial charge in [0, 0.05) is 11.4 Å². The average Bonchev–Trinajstić information content (AvgIpc) is 2.81. The van der Waals surface area contributed by atoms with Crippen LogP contribution in [0.3, 0.4) is 0 Å². The second kappa shape index (κ2) is 13.0. The Morgan fingerprint density at radius 2 is 1.77 bits per heavy atom. The number of aliphatic carboxylic acids is 1. The number of amides is 3. The number of hydrogen-bond donors (Lipinski definition) is 5. The SMILES string of the molecule is CCC(N=C(N)N)C(NC(=O)C(Cc1ccccc1)NC(=O)N=Nc1ccc(C)c(Cl)c1)C(=O)O. The van der Waals surface area contributed by atoms with Crippen LogP contribution in [0, 0.1) is 6.92 Å². The highest BCUT2D eigenvalue weighted by molar-refractivity contribution is 6.31. The number of carboxylic acid groups (broad SMARTS) is 1. The molecule has 35 heavy (non-hydrogen) atoms. The number of urea groups is 1. The molecule has 7 N–H and O–H groups in total. The van der Waals surface area contributed by atoms with E-state index in [1.54, 1.807) is 55.5 Å². The van der Waals surface area contributed by atoms with Crippen molar-refractivity contribution in [2.75, 3.05) is 0 Å². The van der Waals surface area contributed by atoms with E-state index in [2.05, 4.69) is 25.9 Å². The molecule has 3 unspecified atom stereocenters. The van der Waals surface area contributed by atoms with Crippen LogP contribution in [0.5, 0.6) is 0 Å². The van der Waals surface area contributed by atoms with Gasteiger partial charge in [-0.05, 0) is 36.6 Å². The summed E-state index contributed by atoms with van der Waals surface area (Å²) >= 11 is 6.06. The summed E-state index contributed by atoms with van der Waals surface area (Å²) in [4.78, 5) is 41.3. The fourth-order valence-electron chi connectivity index (χ4n) is 3.15. The lowest BCUT2D eigenvalue weighted by Crippen LogP contribution is -2.55. The predicted octanol–water partition coefficient (Wildman–Crippen LogP) is 2.67. The van der Waals surface area contributed by atoms with E-state index >= 15 is 0 Å². The number of nitrogens with two attached hydrogens (primary N) is 2. The molecule has 2 aromatic carbocycles. The van der Waals surface area contributed by atoms with Crippen LogP contribution in [0.25, 0.3) is 0 Å². The minimum absolute atomic E-state index is 0.0791. The number of guanidine groups is 1. The highest BCUT2D eigenvalue weighted by atomic mass is 35.5. The van der Waals surface area contributed by atoms with Gasteiger partial charge in [-0.3, -0.25) is 4.79 Å². The lowest BCUT2D eigenvalue weighted by Gasteiger charge is -2.24. The van der Waals surface area contributed by atoms with Crippen molar-refractivity contribution in [2.45, 2.75) is 44.8 Å². The molecule has 2 rings (SSSR count). The van der Waals surface area contributed by atoms with Crippen LogP contribution in [0.1, 0.15) is 24.5 Å². The third-order valence-electron chi connectivity index (χ3n) is 4.99. The van der Waals surface area contributed by atoms with Gasteiger partial charge < -0.3 is 27.2 Å². The van der Waals surface area contributed by atoms with Gasteiger partial charge in [0.05, 0.1) is 11.7 Å². The number of hydrogen-bond acceptors (Lipinski definition) is 5. The molecule has 0 saturated heterocycles. The lowest BCUT2D eigenvalue weighted by molar-refractivity contribution is -0.142. The van der Waals surface area contributed by atoms with E-state index in [1.807, 2.05) is 6.92 Å². The standard InChI is InChI=1S/C23H28ClN7O4/c1-3-17(27-22(25)26)19(21(33)34)29-20(32)18(11-14-7-5-4-6-8-14)28-23(35)31-30-15-10-9-13(2)16(24)12-15/h4-10,12,17-19H,3,11H2,1-2H3,(H,28,35)(H,29,32)(H,33,34)(H4,25,26,27).